The topological polar surface area (TPSA) is 32.3 Å². The van der Waals surface area contributed by atoms with Crippen molar-refractivity contribution in [3.05, 3.63) is 64.9 Å². The third-order valence-electron chi connectivity index (χ3n) is 3.22. The summed E-state index contributed by atoms with van der Waals surface area (Å²) in [7, 11) is 1.97. The molecule has 0 spiro atoms. The number of rotatable bonds is 6. The van der Waals surface area contributed by atoms with Crippen LogP contribution in [0.3, 0.4) is 0 Å². The van der Waals surface area contributed by atoms with E-state index < -0.39 is 5.82 Å². The minimum Gasteiger partial charge on any atom is -0.326 e. The first-order valence-corrected chi connectivity index (χ1v) is 7.40. The van der Waals surface area contributed by atoms with Crippen molar-refractivity contribution in [2.75, 3.05) is 18.9 Å². The van der Waals surface area contributed by atoms with E-state index in [1.165, 1.54) is 23.8 Å². The van der Waals surface area contributed by atoms with Crippen LogP contribution >= 0.6 is 11.6 Å². The summed E-state index contributed by atoms with van der Waals surface area (Å²) >= 11 is 5.68. The van der Waals surface area contributed by atoms with Gasteiger partial charge in [-0.05, 0) is 30.8 Å². The van der Waals surface area contributed by atoms with Crippen LogP contribution in [0, 0.1) is 5.82 Å². The van der Waals surface area contributed by atoms with E-state index in [0.29, 0.717) is 18.7 Å². The molecule has 0 aliphatic carbocycles. The van der Waals surface area contributed by atoms with Crippen molar-refractivity contribution >= 4 is 23.2 Å². The first kappa shape index (κ1) is 16.5. The minimum absolute atomic E-state index is 0.000930. The molecule has 0 atom stereocenters. The van der Waals surface area contributed by atoms with Crippen LogP contribution in [0.25, 0.3) is 0 Å². The Morgan fingerprint density at radius 3 is 2.64 bits per heavy atom. The molecular weight excluding hydrogens is 303 g/mol. The highest BCUT2D eigenvalue weighted by molar-refractivity contribution is 6.31. The van der Waals surface area contributed by atoms with Gasteiger partial charge in [-0.3, -0.25) is 4.79 Å². The summed E-state index contributed by atoms with van der Waals surface area (Å²) < 4.78 is 13.0. The average molecular weight is 321 g/mol. The zero-order valence-electron chi connectivity index (χ0n) is 12.4. The lowest BCUT2D eigenvalue weighted by Crippen LogP contribution is -2.24. The van der Waals surface area contributed by atoms with Crippen molar-refractivity contribution in [1.82, 2.24) is 4.90 Å². The van der Waals surface area contributed by atoms with Crippen molar-refractivity contribution in [2.24, 2.45) is 0 Å². The monoisotopic (exact) mass is 320 g/mol. The van der Waals surface area contributed by atoms with Gasteiger partial charge in [0, 0.05) is 25.2 Å². The molecule has 0 saturated carbocycles. The summed E-state index contributed by atoms with van der Waals surface area (Å²) in [6, 6.07) is 14.2. The predicted molar refractivity (Wildman–Crippen MR) is 87.4 cm³/mol. The number of benzene rings is 2. The van der Waals surface area contributed by atoms with Crippen LogP contribution in [0.1, 0.15) is 12.0 Å². The zero-order valence-corrected chi connectivity index (χ0v) is 13.1. The summed E-state index contributed by atoms with van der Waals surface area (Å²) in [5.74, 6) is -0.621. The molecule has 0 radical (unpaired) electrons. The van der Waals surface area contributed by atoms with Crippen LogP contribution in [-0.2, 0) is 11.3 Å². The Hall–Kier alpha value is -1.91. The average Bonchev–Trinajstić information content (AvgIpc) is 2.50. The molecule has 0 heterocycles. The molecule has 0 fully saturated rings. The fraction of sp³-hybridized carbons (Fsp3) is 0.235. The number of nitrogens with zero attached hydrogens (tertiary/aromatic N) is 1. The molecule has 2 rings (SSSR count). The maximum Gasteiger partial charge on any atom is 0.225 e. The summed E-state index contributed by atoms with van der Waals surface area (Å²) in [6.45, 7) is 1.42. The van der Waals surface area contributed by atoms with Gasteiger partial charge in [0.1, 0.15) is 5.82 Å². The maximum atomic E-state index is 13.0. The van der Waals surface area contributed by atoms with E-state index in [2.05, 4.69) is 22.3 Å². The fourth-order valence-corrected chi connectivity index (χ4v) is 2.24. The highest BCUT2D eigenvalue weighted by Gasteiger charge is 2.07. The van der Waals surface area contributed by atoms with Crippen molar-refractivity contribution in [2.45, 2.75) is 13.0 Å². The number of carbonyl (C=O) groups is 1. The molecule has 5 heteroatoms. The summed E-state index contributed by atoms with van der Waals surface area (Å²) in [5, 5.41) is 2.71. The second-order valence-corrected chi connectivity index (χ2v) is 5.56. The van der Waals surface area contributed by atoms with Crippen LogP contribution in [0.4, 0.5) is 10.1 Å². The lowest BCUT2D eigenvalue weighted by molar-refractivity contribution is -0.116. The molecule has 1 amide bonds. The first-order chi connectivity index (χ1) is 10.5. The molecule has 116 valence electrons. The maximum absolute atomic E-state index is 13.0. The lowest BCUT2D eigenvalue weighted by Gasteiger charge is -2.16. The first-order valence-electron chi connectivity index (χ1n) is 7.02. The molecule has 3 nitrogen and oxygen atoms in total. The molecule has 0 saturated heterocycles. The number of amides is 1. The number of carbonyl (C=O) groups excluding carboxylic acids is 1. The smallest absolute Gasteiger partial charge is 0.225 e. The molecule has 0 aromatic heterocycles. The second-order valence-electron chi connectivity index (χ2n) is 5.15. The fourth-order valence-electron chi connectivity index (χ4n) is 2.06. The molecule has 2 aromatic carbocycles. The summed E-state index contributed by atoms with van der Waals surface area (Å²) in [6.07, 6.45) is 0.359. The van der Waals surface area contributed by atoms with E-state index >= 15 is 0 Å². The molecule has 0 unspecified atom stereocenters. The van der Waals surface area contributed by atoms with E-state index in [1.54, 1.807) is 0 Å². The van der Waals surface area contributed by atoms with E-state index in [1.807, 2.05) is 25.2 Å². The van der Waals surface area contributed by atoms with E-state index in [-0.39, 0.29) is 10.9 Å². The van der Waals surface area contributed by atoms with Gasteiger partial charge >= 0.3 is 0 Å². The van der Waals surface area contributed by atoms with Crippen LogP contribution in [-0.4, -0.2) is 24.4 Å². The van der Waals surface area contributed by atoms with Gasteiger partial charge in [-0.1, -0.05) is 41.9 Å². The molecule has 0 aliphatic rings. The number of hydrogen-bond donors (Lipinski definition) is 1. The Bertz CT molecular complexity index is 634. The van der Waals surface area contributed by atoms with Gasteiger partial charge in [0.2, 0.25) is 5.91 Å². The van der Waals surface area contributed by atoms with E-state index in [4.69, 9.17) is 11.6 Å². The number of nitrogens with one attached hydrogen (secondary N) is 1. The highest BCUT2D eigenvalue weighted by Crippen LogP contribution is 2.19. The molecule has 22 heavy (non-hydrogen) atoms. The van der Waals surface area contributed by atoms with Crippen LogP contribution in [0.15, 0.2) is 48.5 Å². The van der Waals surface area contributed by atoms with Crippen LogP contribution in [0.5, 0.6) is 0 Å². The van der Waals surface area contributed by atoms with Crippen molar-refractivity contribution in [3.8, 4) is 0 Å². The predicted octanol–water partition coefficient (Wildman–Crippen LogP) is 3.94. The van der Waals surface area contributed by atoms with Gasteiger partial charge in [-0.15, -0.1) is 0 Å². The van der Waals surface area contributed by atoms with E-state index in [9.17, 15) is 9.18 Å². The summed E-state index contributed by atoms with van der Waals surface area (Å²) in [5.41, 5.74) is 1.71. The quantitative estimate of drug-likeness (QED) is 0.874. The van der Waals surface area contributed by atoms with E-state index in [0.717, 1.165) is 6.54 Å². The minimum atomic E-state index is -0.498. The Morgan fingerprint density at radius 2 is 1.95 bits per heavy atom. The standard InChI is InChI=1S/C17H18ClFN2O/c1-21(12-13-5-3-2-4-6-13)10-9-17(22)20-14-7-8-16(19)15(18)11-14/h2-8,11H,9-10,12H2,1H3,(H,20,22). The van der Waals surface area contributed by atoms with Gasteiger partial charge in [-0.2, -0.15) is 0 Å². The number of halogens is 2. The third kappa shape index (κ3) is 5.13. The molecule has 0 bridgehead atoms. The summed E-state index contributed by atoms with van der Waals surface area (Å²) in [4.78, 5) is 14.0. The molecule has 2 aromatic rings. The van der Waals surface area contributed by atoms with Crippen LogP contribution in [0.2, 0.25) is 5.02 Å². The SMILES string of the molecule is CN(CCC(=O)Nc1ccc(F)c(Cl)c1)Cc1ccccc1. The van der Waals surface area contributed by atoms with Crippen molar-refractivity contribution < 1.29 is 9.18 Å². The Kier molecular flexibility index (Phi) is 5.92. The lowest BCUT2D eigenvalue weighted by atomic mass is 10.2. The molecular formula is C17H18ClFN2O. The second kappa shape index (κ2) is 7.92. The normalized spacial score (nSPS) is 10.7. The third-order valence-corrected chi connectivity index (χ3v) is 3.51. The Balaban J connectivity index is 1.78. The van der Waals surface area contributed by atoms with Gasteiger partial charge in [-0.25, -0.2) is 4.39 Å². The van der Waals surface area contributed by atoms with Gasteiger partial charge in [0.05, 0.1) is 5.02 Å². The highest BCUT2D eigenvalue weighted by atomic mass is 35.5. The van der Waals surface area contributed by atoms with Crippen LogP contribution < -0.4 is 5.32 Å². The van der Waals surface area contributed by atoms with Crippen molar-refractivity contribution in [1.29, 1.82) is 0 Å². The van der Waals surface area contributed by atoms with Gasteiger partial charge in [0.15, 0.2) is 0 Å². The Morgan fingerprint density at radius 1 is 1.23 bits per heavy atom. The Labute approximate surface area is 134 Å². The molecule has 0 aliphatic heterocycles. The van der Waals surface area contributed by atoms with Gasteiger partial charge in [0.25, 0.3) is 0 Å². The van der Waals surface area contributed by atoms with Gasteiger partial charge < -0.3 is 10.2 Å². The largest absolute Gasteiger partial charge is 0.326 e. The van der Waals surface area contributed by atoms with Crippen molar-refractivity contribution in [3.63, 3.8) is 0 Å². The number of hydrogen-bond acceptors (Lipinski definition) is 2. The zero-order chi connectivity index (χ0) is 15.9. The number of anilines is 1. The molecule has 1 N–H and O–H groups in total.